The van der Waals surface area contributed by atoms with E-state index >= 15 is 0 Å². The zero-order valence-corrected chi connectivity index (χ0v) is 13.5. The number of rotatable bonds is 4. The summed E-state index contributed by atoms with van der Waals surface area (Å²) in [6.07, 6.45) is 3.89. The summed E-state index contributed by atoms with van der Waals surface area (Å²) in [7, 11) is 0. The molecule has 0 aromatic carbocycles. The zero-order valence-electron chi connectivity index (χ0n) is 13.5. The predicted molar refractivity (Wildman–Crippen MR) is 83.2 cm³/mol. The first kappa shape index (κ1) is 15.0. The fraction of sp³-hybridized carbons (Fsp3) is 0.562. The van der Waals surface area contributed by atoms with Gasteiger partial charge >= 0.3 is 0 Å². The highest BCUT2D eigenvalue weighted by Gasteiger charge is 2.36. The van der Waals surface area contributed by atoms with Crippen molar-refractivity contribution in [1.29, 1.82) is 0 Å². The van der Waals surface area contributed by atoms with Gasteiger partial charge < -0.3 is 9.42 Å². The minimum atomic E-state index is -0.278. The SMILES string of the molecule is Cc1ccc(=O)n(CC(=O)N2CCC[C@@H]2c2noc(C3CC3)n2)n1. The van der Waals surface area contributed by atoms with Crippen LogP contribution in [0.4, 0.5) is 0 Å². The Labute approximate surface area is 138 Å². The molecule has 4 rings (SSSR count). The van der Waals surface area contributed by atoms with Gasteiger partial charge in [-0.2, -0.15) is 10.1 Å². The van der Waals surface area contributed by atoms with Gasteiger partial charge in [-0.1, -0.05) is 5.16 Å². The molecular weight excluding hydrogens is 310 g/mol. The summed E-state index contributed by atoms with van der Waals surface area (Å²) in [5.41, 5.74) is 0.424. The number of likely N-dealkylation sites (tertiary alicyclic amines) is 1. The summed E-state index contributed by atoms with van der Waals surface area (Å²) in [5, 5.41) is 8.19. The molecule has 1 atom stereocenters. The Bertz CT molecular complexity index is 823. The maximum absolute atomic E-state index is 12.7. The van der Waals surface area contributed by atoms with Crippen molar-refractivity contribution in [2.45, 2.75) is 51.1 Å². The second-order valence-electron chi connectivity index (χ2n) is 6.48. The molecule has 1 aliphatic carbocycles. The van der Waals surface area contributed by atoms with E-state index in [2.05, 4.69) is 15.2 Å². The van der Waals surface area contributed by atoms with Crippen LogP contribution < -0.4 is 5.56 Å². The lowest BCUT2D eigenvalue weighted by atomic mass is 10.2. The van der Waals surface area contributed by atoms with E-state index in [1.165, 1.54) is 10.7 Å². The highest BCUT2D eigenvalue weighted by Crippen LogP contribution is 2.40. The molecule has 8 heteroatoms. The molecule has 2 aliphatic rings. The summed E-state index contributed by atoms with van der Waals surface area (Å²) in [6.45, 7) is 2.36. The molecular formula is C16H19N5O3. The standard InChI is InChI=1S/C16H19N5O3/c1-10-4-7-13(22)21(18-10)9-14(23)20-8-2-3-12(20)15-17-16(24-19-15)11-5-6-11/h4,7,11-12H,2-3,5-6,8-9H2,1H3/t12-/m1/s1. The first-order chi connectivity index (χ1) is 11.6. The number of carbonyl (C=O) groups excluding carboxylic acids is 1. The molecule has 2 aromatic heterocycles. The fourth-order valence-corrected chi connectivity index (χ4v) is 3.10. The lowest BCUT2D eigenvalue weighted by Crippen LogP contribution is -2.37. The first-order valence-corrected chi connectivity index (χ1v) is 8.29. The molecule has 0 bridgehead atoms. The summed E-state index contributed by atoms with van der Waals surface area (Å²) in [6, 6.07) is 2.90. The second-order valence-corrected chi connectivity index (χ2v) is 6.48. The molecule has 1 amide bonds. The van der Waals surface area contributed by atoms with E-state index in [0.717, 1.165) is 25.7 Å². The summed E-state index contributed by atoms with van der Waals surface area (Å²) >= 11 is 0. The molecule has 24 heavy (non-hydrogen) atoms. The van der Waals surface area contributed by atoms with Crippen LogP contribution in [0.5, 0.6) is 0 Å². The number of carbonyl (C=O) groups is 1. The highest BCUT2D eigenvalue weighted by molar-refractivity contribution is 5.76. The molecule has 1 saturated heterocycles. The number of nitrogens with zero attached hydrogens (tertiary/aromatic N) is 5. The van der Waals surface area contributed by atoms with Crippen LogP contribution in [0.3, 0.4) is 0 Å². The maximum atomic E-state index is 12.7. The van der Waals surface area contributed by atoms with Crippen LogP contribution in [-0.4, -0.2) is 37.3 Å². The molecule has 3 heterocycles. The van der Waals surface area contributed by atoms with Gasteiger partial charge in [0.2, 0.25) is 11.8 Å². The van der Waals surface area contributed by atoms with Crippen LogP contribution in [0, 0.1) is 6.92 Å². The van der Waals surface area contributed by atoms with Crippen LogP contribution >= 0.6 is 0 Å². The van der Waals surface area contributed by atoms with Gasteiger partial charge in [-0.3, -0.25) is 9.59 Å². The van der Waals surface area contributed by atoms with Crippen molar-refractivity contribution in [3.63, 3.8) is 0 Å². The van der Waals surface area contributed by atoms with Gasteiger partial charge in [0.15, 0.2) is 5.82 Å². The van der Waals surface area contributed by atoms with Gasteiger partial charge in [-0.25, -0.2) is 4.68 Å². The number of aryl methyl sites for hydroxylation is 1. The third-order valence-electron chi connectivity index (χ3n) is 4.54. The molecule has 0 spiro atoms. The van der Waals surface area contributed by atoms with Crippen LogP contribution in [0.25, 0.3) is 0 Å². The van der Waals surface area contributed by atoms with Crippen molar-refractivity contribution < 1.29 is 9.32 Å². The normalized spacial score (nSPS) is 20.5. The van der Waals surface area contributed by atoms with E-state index in [1.807, 2.05) is 0 Å². The van der Waals surface area contributed by atoms with Gasteiger partial charge in [-0.15, -0.1) is 0 Å². The van der Waals surface area contributed by atoms with Crippen molar-refractivity contribution in [3.8, 4) is 0 Å². The molecule has 0 N–H and O–H groups in total. The van der Waals surface area contributed by atoms with E-state index in [0.29, 0.717) is 29.9 Å². The van der Waals surface area contributed by atoms with Crippen LogP contribution in [-0.2, 0) is 11.3 Å². The minimum absolute atomic E-state index is 0.0651. The molecule has 0 radical (unpaired) electrons. The third kappa shape index (κ3) is 2.83. The van der Waals surface area contributed by atoms with Gasteiger partial charge in [0.25, 0.3) is 5.56 Å². The zero-order chi connectivity index (χ0) is 16.7. The maximum Gasteiger partial charge on any atom is 0.267 e. The predicted octanol–water partition coefficient (Wildman–Crippen LogP) is 1.18. The quantitative estimate of drug-likeness (QED) is 0.836. The fourth-order valence-electron chi connectivity index (χ4n) is 3.10. The Hall–Kier alpha value is -2.51. The van der Waals surface area contributed by atoms with Crippen LogP contribution in [0.15, 0.2) is 21.5 Å². The van der Waals surface area contributed by atoms with E-state index in [-0.39, 0.29) is 24.1 Å². The Kier molecular flexibility index (Phi) is 3.66. The van der Waals surface area contributed by atoms with Gasteiger partial charge in [0.05, 0.1) is 11.7 Å². The van der Waals surface area contributed by atoms with Crippen molar-refractivity contribution in [1.82, 2.24) is 24.8 Å². The van der Waals surface area contributed by atoms with Crippen molar-refractivity contribution >= 4 is 5.91 Å². The molecule has 1 saturated carbocycles. The Morgan fingerprint density at radius 3 is 2.96 bits per heavy atom. The Morgan fingerprint density at radius 2 is 2.17 bits per heavy atom. The topological polar surface area (TPSA) is 94.1 Å². The molecule has 2 fully saturated rings. The smallest absolute Gasteiger partial charge is 0.267 e. The van der Waals surface area contributed by atoms with Crippen molar-refractivity contribution in [2.75, 3.05) is 6.54 Å². The van der Waals surface area contributed by atoms with E-state index in [9.17, 15) is 9.59 Å². The van der Waals surface area contributed by atoms with Crippen LogP contribution in [0.1, 0.15) is 55.1 Å². The number of hydrogen-bond donors (Lipinski definition) is 0. The van der Waals surface area contributed by atoms with Crippen molar-refractivity contribution in [2.24, 2.45) is 0 Å². The van der Waals surface area contributed by atoms with Crippen LogP contribution in [0.2, 0.25) is 0 Å². The minimum Gasteiger partial charge on any atom is -0.339 e. The average molecular weight is 329 g/mol. The lowest BCUT2D eigenvalue weighted by Gasteiger charge is -2.22. The summed E-state index contributed by atoms with van der Waals surface area (Å²) < 4.78 is 6.52. The highest BCUT2D eigenvalue weighted by atomic mass is 16.5. The first-order valence-electron chi connectivity index (χ1n) is 8.29. The summed E-state index contributed by atoms with van der Waals surface area (Å²) in [4.78, 5) is 30.7. The van der Waals surface area contributed by atoms with Gasteiger partial charge in [0.1, 0.15) is 6.54 Å². The number of hydrogen-bond acceptors (Lipinski definition) is 6. The van der Waals surface area contributed by atoms with E-state index < -0.39 is 0 Å². The average Bonchev–Trinajstić information content (AvgIpc) is 3.10. The van der Waals surface area contributed by atoms with Gasteiger partial charge in [-0.05, 0) is 38.7 Å². The third-order valence-corrected chi connectivity index (χ3v) is 4.54. The monoisotopic (exact) mass is 329 g/mol. The largest absolute Gasteiger partial charge is 0.339 e. The molecule has 1 aliphatic heterocycles. The Balaban J connectivity index is 1.52. The molecule has 8 nitrogen and oxygen atoms in total. The second kappa shape index (κ2) is 5.85. The van der Waals surface area contributed by atoms with Crippen molar-refractivity contribution in [3.05, 3.63) is 39.9 Å². The van der Waals surface area contributed by atoms with E-state index in [4.69, 9.17) is 4.52 Å². The number of aromatic nitrogens is 4. The molecule has 2 aromatic rings. The lowest BCUT2D eigenvalue weighted by molar-refractivity contribution is -0.133. The summed E-state index contributed by atoms with van der Waals surface area (Å²) in [5.74, 6) is 1.51. The molecule has 126 valence electrons. The van der Waals surface area contributed by atoms with E-state index in [1.54, 1.807) is 17.9 Å². The number of amides is 1. The Morgan fingerprint density at radius 1 is 1.33 bits per heavy atom. The molecule has 0 unspecified atom stereocenters. The van der Waals surface area contributed by atoms with Gasteiger partial charge in [0, 0.05) is 18.5 Å².